The maximum absolute atomic E-state index is 11.1. The number of aliphatic hydroxyl groups excluding tert-OH is 1. The SMILES string of the molecule is Cc1c(N2CCC(CO)C2)cc(C(=O)O)cc1[N+](=O)[O-]. The minimum absolute atomic E-state index is 0.0657. The molecule has 1 aliphatic heterocycles. The van der Waals surface area contributed by atoms with Gasteiger partial charge in [-0.25, -0.2) is 4.79 Å². The van der Waals surface area contributed by atoms with E-state index in [9.17, 15) is 14.9 Å². The quantitative estimate of drug-likeness (QED) is 0.638. The molecule has 0 spiro atoms. The van der Waals surface area contributed by atoms with Crippen LogP contribution in [0.3, 0.4) is 0 Å². The zero-order valence-corrected chi connectivity index (χ0v) is 11.1. The lowest BCUT2D eigenvalue weighted by atomic mass is 10.1. The van der Waals surface area contributed by atoms with Crippen molar-refractivity contribution in [3.05, 3.63) is 33.4 Å². The van der Waals surface area contributed by atoms with Gasteiger partial charge in [0.15, 0.2) is 0 Å². The molecule has 0 aromatic heterocycles. The van der Waals surface area contributed by atoms with Gasteiger partial charge in [-0.1, -0.05) is 0 Å². The molecule has 1 saturated heterocycles. The molecule has 1 aromatic carbocycles. The zero-order chi connectivity index (χ0) is 14.9. The van der Waals surface area contributed by atoms with Crippen LogP contribution in [0, 0.1) is 23.0 Å². The molecule has 20 heavy (non-hydrogen) atoms. The molecule has 1 aliphatic rings. The van der Waals surface area contributed by atoms with Gasteiger partial charge in [-0.15, -0.1) is 0 Å². The monoisotopic (exact) mass is 280 g/mol. The van der Waals surface area contributed by atoms with Crippen molar-refractivity contribution in [2.75, 3.05) is 24.6 Å². The molecular weight excluding hydrogens is 264 g/mol. The molecule has 0 amide bonds. The van der Waals surface area contributed by atoms with Crippen LogP contribution in [0.1, 0.15) is 22.3 Å². The summed E-state index contributed by atoms with van der Waals surface area (Å²) >= 11 is 0. The molecule has 0 aliphatic carbocycles. The summed E-state index contributed by atoms with van der Waals surface area (Å²) in [6.07, 6.45) is 0.793. The lowest BCUT2D eigenvalue weighted by molar-refractivity contribution is -0.385. The number of hydrogen-bond donors (Lipinski definition) is 2. The summed E-state index contributed by atoms with van der Waals surface area (Å²) in [7, 11) is 0. The fourth-order valence-electron chi connectivity index (χ4n) is 2.53. The fraction of sp³-hybridized carbons (Fsp3) is 0.462. The Labute approximate surface area is 115 Å². The van der Waals surface area contributed by atoms with E-state index in [4.69, 9.17) is 10.2 Å². The van der Waals surface area contributed by atoms with Crippen molar-refractivity contribution in [3.63, 3.8) is 0 Å². The third kappa shape index (κ3) is 2.57. The first kappa shape index (κ1) is 14.3. The highest BCUT2D eigenvalue weighted by molar-refractivity contribution is 5.90. The van der Waals surface area contributed by atoms with Crippen LogP contribution in [0.25, 0.3) is 0 Å². The first-order valence-corrected chi connectivity index (χ1v) is 6.32. The number of carboxylic acid groups (broad SMARTS) is 1. The molecule has 0 saturated carbocycles. The van der Waals surface area contributed by atoms with Gasteiger partial charge in [0.2, 0.25) is 0 Å². The third-order valence-corrected chi connectivity index (χ3v) is 3.68. The Morgan fingerprint density at radius 1 is 1.55 bits per heavy atom. The number of carboxylic acids is 1. The second-order valence-corrected chi connectivity index (χ2v) is 4.99. The van der Waals surface area contributed by atoms with Crippen molar-refractivity contribution in [2.24, 2.45) is 5.92 Å². The van der Waals surface area contributed by atoms with Gasteiger partial charge >= 0.3 is 5.97 Å². The van der Waals surface area contributed by atoms with Crippen LogP contribution in [0.15, 0.2) is 12.1 Å². The van der Waals surface area contributed by atoms with E-state index in [1.54, 1.807) is 6.92 Å². The van der Waals surface area contributed by atoms with Crippen molar-refractivity contribution < 1.29 is 19.9 Å². The minimum atomic E-state index is -1.19. The van der Waals surface area contributed by atoms with Crippen LogP contribution in [-0.4, -0.2) is 40.8 Å². The highest BCUT2D eigenvalue weighted by Crippen LogP contribution is 2.33. The van der Waals surface area contributed by atoms with Crippen molar-refractivity contribution in [1.29, 1.82) is 0 Å². The van der Waals surface area contributed by atoms with Gasteiger partial charge in [0.1, 0.15) is 0 Å². The van der Waals surface area contributed by atoms with Crippen molar-refractivity contribution in [1.82, 2.24) is 0 Å². The molecule has 7 nitrogen and oxygen atoms in total. The van der Waals surface area contributed by atoms with E-state index in [1.807, 2.05) is 4.90 Å². The summed E-state index contributed by atoms with van der Waals surface area (Å²) in [5, 5.41) is 29.3. The maximum atomic E-state index is 11.1. The van der Waals surface area contributed by atoms with Crippen molar-refractivity contribution >= 4 is 17.3 Å². The summed E-state index contributed by atoms with van der Waals surface area (Å²) in [4.78, 5) is 23.5. The summed E-state index contributed by atoms with van der Waals surface area (Å²) in [6.45, 7) is 2.92. The zero-order valence-electron chi connectivity index (χ0n) is 11.1. The van der Waals surface area contributed by atoms with Crippen molar-refractivity contribution in [3.8, 4) is 0 Å². The summed E-state index contributed by atoms with van der Waals surface area (Å²) in [6, 6.07) is 2.55. The van der Waals surface area contributed by atoms with Crippen LogP contribution >= 0.6 is 0 Å². The number of hydrogen-bond acceptors (Lipinski definition) is 5. The number of carbonyl (C=O) groups is 1. The Kier molecular flexibility index (Phi) is 3.89. The number of nitro groups is 1. The van der Waals surface area contributed by atoms with Crippen molar-refractivity contribution in [2.45, 2.75) is 13.3 Å². The topological polar surface area (TPSA) is 104 Å². The van der Waals surface area contributed by atoms with Crippen LogP contribution < -0.4 is 4.90 Å². The average Bonchev–Trinajstić information content (AvgIpc) is 2.86. The Morgan fingerprint density at radius 3 is 2.75 bits per heavy atom. The number of rotatable bonds is 4. The predicted octanol–water partition coefficient (Wildman–Crippen LogP) is 1.42. The van der Waals surface area contributed by atoms with Gasteiger partial charge < -0.3 is 15.1 Å². The molecule has 1 fully saturated rings. The third-order valence-electron chi connectivity index (χ3n) is 3.68. The van der Waals surface area contributed by atoms with E-state index in [0.717, 1.165) is 12.5 Å². The first-order chi connectivity index (χ1) is 9.43. The van der Waals surface area contributed by atoms with E-state index in [0.29, 0.717) is 24.3 Å². The minimum Gasteiger partial charge on any atom is -0.478 e. The fourth-order valence-corrected chi connectivity index (χ4v) is 2.53. The van der Waals surface area contributed by atoms with E-state index in [2.05, 4.69) is 0 Å². The van der Waals surface area contributed by atoms with Crippen LogP contribution in [0.5, 0.6) is 0 Å². The Hall–Kier alpha value is -2.15. The van der Waals surface area contributed by atoms with E-state index in [-0.39, 0.29) is 23.8 Å². The molecule has 1 heterocycles. The van der Waals surface area contributed by atoms with Crippen LogP contribution in [-0.2, 0) is 0 Å². The highest BCUT2D eigenvalue weighted by atomic mass is 16.6. The molecule has 0 radical (unpaired) electrons. The van der Waals surface area contributed by atoms with Gasteiger partial charge in [0.05, 0.1) is 16.1 Å². The number of nitrogens with zero attached hydrogens (tertiary/aromatic N) is 2. The Bertz CT molecular complexity index is 558. The second-order valence-electron chi connectivity index (χ2n) is 4.99. The summed E-state index contributed by atoms with van der Waals surface area (Å²) < 4.78 is 0. The molecule has 1 unspecified atom stereocenters. The molecule has 108 valence electrons. The normalized spacial score (nSPS) is 18.3. The molecule has 0 bridgehead atoms. The lowest BCUT2D eigenvalue weighted by Gasteiger charge is -2.21. The van der Waals surface area contributed by atoms with Gasteiger partial charge in [-0.2, -0.15) is 0 Å². The first-order valence-electron chi connectivity index (χ1n) is 6.32. The molecule has 1 atom stereocenters. The van der Waals surface area contributed by atoms with Gasteiger partial charge in [-0.3, -0.25) is 10.1 Å². The number of benzene rings is 1. The van der Waals surface area contributed by atoms with E-state index >= 15 is 0 Å². The Morgan fingerprint density at radius 2 is 2.25 bits per heavy atom. The standard InChI is InChI=1S/C13H16N2O5/c1-8-11(14-3-2-9(6-14)7-16)4-10(13(17)18)5-12(8)15(19)20/h4-5,9,16H,2-3,6-7H2,1H3,(H,17,18). The smallest absolute Gasteiger partial charge is 0.336 e. The van der Waals surface area contributed by atoms with Gasteiger partial charge in [0.25, 0.3) is 5.69 Å². The number of aromatic carboxylic acids is 1. The number of anilines is 1. The number of nitro benzene ring substituents is 1. The molecular formula is C13H16N2O5. The molecule has 1 aromatic rings. The molecule has 7 heteroatoms. The van der Waals surface area contributed by atoms with Gasteiger partial charge in [-0.05, 0) is 19.4 Å². The summed E-state index contributed by atoms with van der Waals surface area (Å²) in [5.74, 6) is -1.06. The predicted molar refractivity (Wildman–Crippen MR) is 72.2 cm³/mol. The Balaban J connectivity index is 2.46. The number of aliphatic hydroxyl groups is 1. The summed E-state index contributed by atoms with van der Waals surface area (Å²) in [5.41, 5.74) is 0.739. The average molecular weight is 280 g/mol. The van der Waals surface area contributed by atoms with E-state index in [1.165, 1.54) is 6.07 Å². The molecule has 2 rings (SSSR count). The van der Waals surface area contributed by atoms with Crippen LogP contribution in [0.4, 0.5) is 11.4 Å². The lowest BCUT2D eigenvalue weighted by Crippen LogP contribution is -2.22. The van der Waals surface area contributed by atoms with Crippen LogP contribution in [0.2, 0.25) is 0 Å². The highest BCUT2D eigenvalue weighted by Gasteiger charge is 2.27. The van der Waals surface area contributed by atoms with E-state index < -0.39 is 10.9 Å². The largest absolute Gasteiger partial charge is 0.478 e. The molecule has 2 N–H and O–H groups in total. The van der Waals surface area contributed by atoms with Gasteiger partial charge in [0, 0.05) is 37.4 Å². The second kappa shape index (κ2) is 5.46. The maximum Gasteiger partial charge on any atom is 0.336 e.